The lowest BCUT2D eigenvalue weighted by atomic mass is 10.2. The van der Waals surface area contributed by atoms with Crippen LogP contribution in [0.4, 0.5) is 0 Å². The van der Waals surface area contributed by atoms with Crippen molar-refractivity contribution in [2.45, 2.75) is 4.90 Å². The summed E-state index contributed by atoms with van der Waals surface area (Å²) in [6, 6.07) is 12.7. The Kier molecular flexibility index (Phi) is 6.07. The van der Waals surface area contributed by atoms with Crippen molar-refractivity contribution in [3.63, 3.8) is 0 Å². The molecule has 0 heterocycles. The highest BCUT2D eigenvalue weighted by molar-refractivity contribution is 7.90. The van der Waals surface area contributed by atoms with Gasteiger partial charge in [-0.15, -0.1) is 0 Å². The van der Waals surface area contributed by atoms with Crippen molar-refractivity contribution < 1.29 is 23.1 Å². The van der Waals surface area contributed by atoms with Crippen LogP contribution in [0.3, 0.4) is 0 Å². The highest BCUT2D eigenvalue weighted by Gasteiger charge is 2.12. The lowest BCUT2D eigenvalue weighted by molar-refractivity contribution is -0.132. The Morgan fingerprint density at radius 1 is 1.11 bits per heavy atom. The normalized spacial score (nSPS) is 11.6. The third-order valence-corrected chi connectivity index (χ3v) is 4.42. The first-order valence-electron chi connectivity index (χ1n) is 7.50. The van der Waals surface area contributed by atoms with Crippen LogP contribution in [0, 0.1) is 11.8 Å². The average Bonchev–Trinajstić information content (AvgIpc) is 2.63. The first-order chi connectivity index (χ1) is 12.7. The van der Waals surface area contributed by atoms with E-state index in [1.54, 1.807) is 36.4 Å². The molecule has 0 saturated carbocycles. The second-order valence-electron chi connectivity index (χ2n) is 5.37. The Hall–Kier alpha value is -3.48. The van der Waals surface area contributed by atoms with E-state index in [0.717, 1.165) is 6.26 Å². The van der Waals surface area contributed by atoms with Crippen molar-refractivity contribution in [1.29, 1.82) is 0 Å². The van der Waals surface area contributed by atoms with Crippen molar-refractivity contribution in [2.75, 3.05) is 6.26 Å². The van der Waals surface area contributed by atoms with Crippen LogP contribution in [0.15, 0.2) is 65.0 Å². The number of carboxylic acids is 1. The summed E-state index contributed by atoms with van der Waals surface area (Å²) in [6.07, 6.45) is 1.13. The number of nitrogens with two attached hydrogens (primary N) is 2. The molecular formula is C18H17N3O5S. The molecule has 0 fully saturated rings. The van der Waals surface area contributed by atoms with E-state index in [1.165, 1.54) is 12.1 Å². The number of aliphatic carboxylic acids is 1. The van der Waals surface area contributed by atoms with Gasteiger partial charge in [0.05, 0.1) is 4.90 Å². The standard InChI is InChI=1S/C18H17N3O5S/c1-27(24,25)15-9-7-12(8-10-15)5-6-13-3-2-4-14(11-13)26-17(21-20)16(19)18(22)23/h2-4,7-11,21H,19-20H2,1H3,(H,22,23)/b17-16+. The second-order valence-corrected chi connectivity index (χ2v) is 7.38. The van der Waals surface area contributed by atoms with Gasteiger partial charge in [-0.05, 0) is 42.5 Å². The molecule has 2 aromatic rings. The summed E-state index contributed by atoms with van der Waals surface area (Å²) in [5, 5.41) is 8.88. The van der Waals surface area contributed by atoms with Gasteiger partial charge in [0.2, 0.25) is 5.88 Å². The number of hydrogen-bond acceptors (Lipinski definition) is 7. The Bertz CT molecular complexity index is 1050. The van der Waals surface area contributed by atoms with Gasteiger partial charge in [0.15, 0.2) is 15.5 Å². The number of carbonyl (C=O) groups is 1. The maximum absolute atomic E-state index is 11.5. The zero-order valence-corrected chi connectivity index (χ0v) is 15.1. The average molecular weight is 387 g/mol. The van der Waals surface area contributed by atoms with Crippen molar-refractivity contribution >= 4 is 15.8 Å². The van der Waals surface area contributed by atoms with E-state index in [-0.39, 0.29) is 16.5 Å². The Balaban J connectivity index is 2.23. The molecule has 9 heteroatoms. The third kappa shape index (κ3) is 5.50. The number of sulfone groups is 1. The van der Waals surface area contributed by atoms with Gasteiger partial charge in [-0.3, -0.25) is 5.43 Å². The van der Waals surface area contributed by atoms with Gasteiger partial charge in [-0.1, -0.05) is 17.9 Å². The zero-order chi connectivity index (χ0) is 20.0. The molecule has 2 rings (SSSR count). The van der Waals surface area contributed by atoms with Crippen molar-refractivity contribution in [3.8, 4) is 17.6 Å². The molecule has 0 amide bonds. The largest absolute Gasteiger partial charge is 0.476 e. The lowest BCUT2D eigenvalue weighted by Gasteiger charge is -2.10. The predicted octanol–water partition coefficient (Wildman–Crippen LogP) is 0.544. The molecule has 140 valence electrons. The third-order valence-electron chi connectivity index (χ3n) is 3.29. The van der Waals surface area contributed by atoms with Crippen molar-refractivity contribution in [2.24, 2.45) is 11.6 Å². The van der Waals surface area contributed by atoms with Crippen LogP contribution < -0.4 is 21.7 Å². The molecule has 0 aromatic heterocycles. The molecule has 0 aliphatic heterocycles. The fourth-order valence-corrected chi connectivity index (χ4v) is 2.57. The fraction of sp³-hybridized carbons (Fsp3) is 0.0556. The van der Waals surface area contributed by atoms with Gasteiger partial charge in [0.25, 0.3) is 0 Å². The molecule has 8 nitrogen and oxygen atoms in total. The first kappa shape index (κ1) is 19.8. The minimum Gasteiger partial charge on any atom is -0.476 e. The summed E-state index contributed by atoms with van der Waals surface area (Å²) in [5.74, 6) is 9.64. The number of benzene rings is 2. The van der Waals surface area contributed by atoms with Gasteiger partial charge >= 0.3 is 5.97 Å². The SMILES string of the molecule is CS(=O)(=O)c1ccc(C#Cc2cccc(O/C(NN)=C(/N)C(=O)O)c2)cc1. The Morgan fingerprint density at radius 2 is 1.74 bits per heavy atom. The van der Waals surface area contributed by atoms with Crippen molar-refractivity contribution in [1.82, 2.24) is 5.43 Å². The van der Waals surface area contributed by atoms with Crippen LogP contribution in [0.25, 0.3) is 0 Å². The molecule has 2 aromatic carbocycles. The highest BCUT2D eigenvalue weighted by atomic mass is 32.2. The molecule has 27 heavy (non-hydrogen) atoms. The van der Waals surface area contributed by atoms with Crippen LogP contribution in [0.2, 0.25) is 0 Å². The minimum atomic E-state index is -3.26. The second kappa shape index (κ2) is 8.27. The van der Waals surface area contributed by atoms with Crippen molar-refractivity contribution in [3.05, 3.63) is 71.2 Å². The summed E-state index contributed by atoms with van der Waals surface area (Å²) in [7, 11) is -3.26. The van der Waals surface area contributed by atoms with Gasteiger partial charge in [-0.2, -0.15) is 0 Å². The van der Waals surface area contributed by atoms with E-state index < -0.39 is 21.5 Å². The highest BCUT2D eigenvalue weighted by Crippen LogP contribution is 2.16. The van der Waals surface area contributed by atoms with Gasteiger partial charge < -0.3 is 15.6 Å². The maximum atomic E-state index is 11.5. The predicted molar refractivity (Wildman–Crippen MR) is 98.8 cm³/mol. The summed E-state index contributed by atoms with van der Waals surface area (Å²) in [4.78, 5) is 11.1. The monoisotopic (exact) mass is 387 g/mol. The van der Waals surface area contributed by atoms with Gasteiger partial charge in [0, 0.05) is 17.4 Å². The molecule has 0 spiro atoms. The zero-order valence-electron chi connectivity index (χ0n) is 14.3. The molecule has 0 saturated heterocycles. The molecule has 0 bridgehead atoms. The van der Waals surface area contributed by atoms with Crippen LogP contribution in [-0.4, -0.2) is 25.7 Å². The van der Waals surface area contributed by atoms with E-state index in [9.17, 15) is 13.2 Å². The summed E-state index contributed by atoms with van der Waals surface area (Å²) in [6.45, 7) is 0. The molecule has 6 N–H and O–H groups in total. The maximum Gasteiger partial charge on any atom is 0.357 e. The number of ether oxygens (including phenoxy) is 1. The van der Waals surface area contributed by atoms with Gasteiger partial charge in [-0.25, -0.2) is 19.1 Å². The molecule has 0 radical (unpaired) electrons. The van der Waals surface area contributed by atoms with Crippen LogP contribution in [-0.2, 0) is 14.6 Å². The number of hydrogen-bond donors (Lipinski definition) is 4. The smallest absolute Gasteiger partial charge is 0.357 e. The van der Waals surface area contributed by atoms with E-state index in [2.05, 4.69) is 17.3 Å². The fourth-order valence-electron chi connectivity index (χ4n) is 1.94. The van der Waals surface area contributed by atoms with Crippen LogP contribution in [0.1, 0.15) is 11.1 Å². The Labute approximate surface area is 156 Å². The van der Waals surface area contributed by atoms with E-state index >= 15 is 0 Å². The van der Waals surface area contributed by atoms with Crippen LogP contribution >= 0.6 is 0 Å². The molecule has 0 aliphatic carbocycles. The summed E-state index contributed by atoms with van der Waals surface area (Å²) in [5.41, 5.74) is 8.12. The summed E-state index contributed by atoms with van der Waals surface area (Å²) >= 11 is 0. The molecular weight excluding hydrogens is 370 g/mol. The topological polar surface area (TPSA) is 145 Å². The molecule has 0 atom stereocenters. The Morgan fingerprint density at radius 3 is 2.30 bits per heavy atom. The quantitative estimate of drug-likeness (QED) is 0.191. The lowest BCUT2D eigenvalue weighted by Crippen LogP contribution is -2.31. The van der Waals surface area contributed by atoms with E-state index in [0.29, 0.717) is 11.1 Å². The first-order valence-corrected chi connectivity index (χ1v) is 9.39. The number of nitrogens with one attached hydrogen (secondary N) is 1. The van der Waals surface area contributed by atoms with Gasteiger partial charge in [0.1, 0.15) is 5.75 Å². The van der Waals surface area contributed by atoms with E-state index in [1.807, 2.05) is 0 Å². The number of hydrazine groups is 1. The minimum absolute atomic E-state index is 0.216. The summed E-state index contributed by atoms with van der Waals surface area (Å²) < 4.78 is 28.2. The molecule has 0 unspecified atom stereocenters. The number of carboxylic acid groups (broad SMARTS) is 1. The molecule has 0 aliphatic rings. The van der Waals surface area contributed by atoms with E-state index in [4.69, 9.17) is 21.4 Å². The van der Waals surface area contributed by atoms with Crippen LogP contribution in [0.5, 0.6) is 5.75 Å². The number of rotatable bonds is 5.